The van der Waals surface area contributed by atoms with Crippen molar-refractivity contribution in [1.82, 2.24) is 4.57 Å². The number of pyridine rings is 1. The summed E-state index contributed by atoms with van der Waals surface area (Å²) < 4.78 is 1.25. The molecule has 0 atom stereocenters. The number of hydrogen-bond acceptors (Lipinski definition) is 3. The Bertz CT molecular complexity index is 515. The molecule has 2 rings (SSSR count). The van der Waals surface area contributed by atoms with E-state index in [1.165, 1.54) is 4.57 Å². The number of aromatic hydroxyl groups is 1. The van der Waals surface area contributed by atoms with E-state index < -0.39 is 0 Å². The summed E-state index contributed by atoms with van der Waals surface area (Å²) in [6.45, 7) is 1.63. The van der Waals surface area contributed by atoms with E-state index in [1.54, 1.807) is 14.0 Å². The van der Waals surface area contributed by atoms with Gasteiger partial charge < -0.3 is 10.5 Å². The monoisotopic (exact) mass is 220 g/mol. The van der Waals surface area contributed by atoms with Crippen LogP contribution in [0.3, 0.4) is 0 Å². The fourth-order valence-electron chi connectivity index (χ4n) is 2.41. The Morgan fingerprint density at radius 3 is 2.44 bits per heavy atom. The zero-order valence-corrected chi connectivity index (χ0v) is 9.63. The van der Waals surface area contributed by atoms with Gasteiger partial charge in [-0.1, -0.05) is 0 Å². The maximum Gasteiger partial charge on any atom is 0.262 e. The molecule has 0 amide bonds. The average molecular weight is 220 g/mol. The van der Waals surface area contributed by atoms with Crippen LogP contribution in [0.5, 0.6) is 5.88 Å². The second-order valence-corrected chi connectivity index (χ2v) is 4.35. The highest BCUT2D eigenvalue weighted by Crippen LogP contribution is 2.29. The van der Waals surface area contributed by atoms with Crippen LogP contribution < -0.4 is 5.56 Å². The molecule has 0 saturated carbocycles. The van der Waals surface area contributed by atoms with Crippen LogP contribution in [0.15, 0.2) is 4.79 Å². The van der Waals surface area contributed by atoms with Crippen LogP contribution in [-0.2, 0) is 19.9 Å². The highest BCUT2D eigenvalue weighted by molar-refractivity contribution is 5.97. The first-order chi connectivity index (χ1) is 7.54. The fourth-order valence-corrected chi connectivity index (χ4v) is 2.41. The molecule has 1 aliphatic rings. The Morgan fingerprint density at radius 1 is 1.31 bits per heavy atom. The van der Waals surface area contributed by atoms with Crippen molar-refractivity contribution in [3.8, 4) is 5.88 Å². The molecule has 1 heterocycles. The number of hydrogen-bond donors (Lipinski definition) is 2. The van der Waals surface area contributed by atoms with E-state index >= 15 is 0 Å². The summed E-state index contributed by atoms with van der Waals surface area (Å²) in [5.41, 5.74) is 2.26. The second kappa shape index (κ2) is 3.77. The van der Waals surface area contributed by atoms with Gasteiger partial charge in [-0.3, -0.25) is 9.36 Å². The third-order valence-electron chi connectivity index (χ3n) is 3.25. The Morgan fingerprint density at radius 2 is 1.88 bits per heavy atom. The van der Waals surface area contributed by atoms with Crippen LogP contribution in [0, 0.1) is 5.41 Å². The van der Waals surface area contributed by atoms with E-state index in [-0.39, 0.29) is 11.4 Å². The molecule has 4 nitrogen and oxygen atoms in total. The Labute approximate surface area is 94.1 Å². The summed E-state index contributed by atoms with van der Waals surface area (Å²) >= 11 is 0. The van der Waals surface area contributed by atoms with Crippen molar-refractivity contribution in [3.63, 3.8) is 0 Å². The SMILES string of the molecule is CC(=N)c1c2c(c(O)n(C)c1=O)CCCC2. The summed E-state index contributed by atoms with van der Waals surface area (Å²) in [5, 5.41) is 17.6. The van der Waals surface area contributed by atoms with Gasteiger partial charge in [-0.25, -0.2) is 0 Å². The fraction of sp³-hybridized carbons (Fsp3) is 0.500. The van der Waals surface area contributed by atoms with Gasteiger partial charge in [0.15, 0.2) is 5.88 Å². The minimum absolute atomic E-state index is 0.0738. The molecule has 86 valence electrons. The van der Waals surface area contributed by atoms with Crippen LogP contribution in [0.2, 0.25) is 0 Å². The van der Waals surface area contributed by atoms with Crippen molar-refractivity contribution in [3.05, 3.63) is 27.0 Å². The third-order valence-corrected chi connectivity index (χ3v) is 3.25. The number of nitrogens with one attached hydrogen (secondary N) is 1. The molecule has 0 aliphatic heterocycles. The van der Waals surface area contributed by atoms with Crippen LogP contribution >= 0.6 is 0 Å². The highest BCUT2D eigenvalue weighted by atomic mass is 16.3. The first kappa shape index (κ1) is 10.9. The zero-order valence-electron chi connectivity index (χ0n) is 9.63. The van der Waals surface area contributed by atoms with Gasteiger partial charge in [0.2, 0.25) is 0 Å². The van der Waals surface area contributed by atoms with Gasteiger partial charge in [0.1, 0.15) is 0 Å². The molecule has 0 bridgehead atoms. The molecule has 1 aromatic rings. The molecular formula is C12H16N2O2. The zero-order chi connectivity index (χ0) is 11.9. The molecule has 1 aromatic heterocycles. The lowest BCUT2D eigenvalue weighted by atomic mass is 9.88. The maximum atomic E-state index is 12.0. The number of nitrogens with zero attached hydrogens (tertiary/aromatic N) is 1. The first-order valence-electron chi connectivity index (χ1n) is 5.53. The molecule has 4 heteroatoms. The van der Waals surface area contributed by atoms with Gasteiger partial charge in [-0.05, 0) is 38.2 Å². The summed E-state index contributed by atoms with van der Waals surface area (Å²) in [6.07, 6.45) is 3.66. The van der Waals surface area contributed by atoms with Crippen LogP contribution in [0.25, 0.3) is 0 Å². The maximum absolute atomic E-state index is 12.0. The second-order valence-electron chi connectivity index (χ2n) is 4.35. The largest absolute Gasteiger partial charge is 0.494 e. The smallest absolute Gasteiger partial charge is 0.262 e. The summed E-state index contributed by atoms with van der Waals surface area (Å²) in [4.78, 5) is 12.0. The summed E-state index contributed by atoms with van der Waals surface area (Å²) in [6, 6.07) is 0. The molecule has 0 aromatic carbocycles. The van der Waals surface area contributed by atoms with Gasteiger partial charge >= 0.3 is 0 Å². The van der Waals surface area contributed by atoms with Crippen LogP contribution in [0.1, 0.15) is 36.5 Å². The molecule has 0 spiro atoms. The van der Waals surface area contributed by atoms with Gasteiger partial charge in [-0.2, -0.15) is 0 Å². The Hall–Kier alpha value is -1.58. The first-order valence-corrected chi connectivity index (χ1v) is 5.53. The van der Waals surface area contributed by atoms with Gasteiger partial charge in [0, 0.05) is 18.3 Å². The number of aromatic nitrogens is 1. The summed E-state index contributed by atoms with van der Waals surface area (Å²) in [5.74, 6) is 0.0738. The molecule has 2 N–H and O–H groups in total. The highest BCUT2D eigenvalue weighted by Gasteiger charge is 2.22. The van der Waals surface area contributed by atoms with E-state index in [4.69, 9.17) is 5.41 Å². The molecule has 0 fully saturated rings. The molecule has 0 unspecified atom stereocenters. The van der Waals surface area contributed by atoms with Crippen molar-refractivity contribution >= 4 is 5.71 Å². The standard InChI is InChI=1S/C12H16N2O2/c1-7(13)10-8-5-3-4-6-9(8)11(15)14(2)12(10)16/h13,15H,3-6H2,1-2H3. The summed E-state index contributed by atoms with van der Waals surface area (Å²) in [7, 11) is 1.55. The van der Waals surface area contributed by atoms with Crippen molar-refractivity contribution in [2.75, 3.05) is 0 Å². The molecule has 0 saturated heterocycles. The van der Waals surface area contributed by atoms with E-state index in [9.17, 15) is 9.90 Å². The molecule has 0 radical (unpaired) electrons. The van der Waals surface area contributed by atoms with Crippen molar-refractivity contribution < 1.29 is 5.11 Å². The predicted molar refractivity (Wildman–Crippen MR) is 62.5 cm³/mol. The van der Waals surface area contributed by atoms with Gasteiger partial charge in [-0.15, -0.1) is 0 Å². The number of fused-ring (bicyclic) bond motifs is 1. The van der Waals surface area contributed by atoms with Crippen molar-refractivity contribution in [2.45, 2.75) is 32.6 Å². The van der Waals surface area contributed by atoms with Gasteiger partial charge in [0.05, 0.1) is 5.56 Å². The normalized spacial score (nSPS) is 14.6. The Kier molecular flexibility index (Phi) is 2.58. The minimum atomic E-state index is -0.259. The van der Waals surface area contributed by atoms with E-state index in [0.29, 0.717) is 11.3 Å². The Balaban J connectivity index is 2.83. The lowest BCUT2D eigenvalue weighted by Crippen LogP contribution is -2.28. The molecule has 1 aliphatic carbocycles. The molecular weight excluding hydrogens is 204 g/mol. The topological polar surface area (TPSA) is 66.1 Å². The third kappa shape index (κ3) is 1.45. The minimum Gasteiger partial charge on any atom is -0.494 e. The van der Waals surface area contributed by atoms with E-state index in [2.05, 4.69) is 0 Å². The van der Waals surface area contributed by atoms with E-state index in [1.807, 2.05) is 0 Å². The van der Waals surface area contributed by atoms with Crippen molar-refractivity contribution in [2.24, 2.45) is 7.05 Å². The lowest BCUT2D eigenvalue weighted by molar-refractivity contribution is 0.410. The quantitative estimate of drug-likeness (QED) is 0.702. The van der Waals surface area contributed by atoms with Crippen molar-refractivity contribution in [1.29, 1.82) is 5.41 Å². The van der Waals surface area contributed by atoms with Gasteiger partial charge in [0.25, 0.3) is 5.56 Å². The van der Waals surface area contributed by atoms with Crippen LogP contribution in [-0.4, -0.2) is 15.4 Å². The lowest BCUT2D eigenvalue weighted by Gasteiger charge is -2.21. The van der Waals surface area contributed by atoms with Crippen LogP contribution in [0.4, 0.5) is 0 Å². The number of rotatable bonds is 1. The molecule has 16 heavy (non-hydrogen) atoms. The average Bonchev–Trinajstić information content (AvgIpc) is 2.26. The van der Waals surface area contributed by atoms with E-state index in [0.717, 1.165) is 36.8 Å². The predicted octanol–water partition coefficient (Wildman–Crippen LogP) is 1.36.